The molecular formula is C12H15N3. The van der Waals surface area contributed by atoms with Gasteiger partial charge in [-0.05, 0) is 25.5 Å². The fourth-order valence-corrected chi connectivity index (χ4v) is 1.57. The van der Waals surface area contributed by atoms with Crippen LogP contribution in [0.2, 0.25) is 0 Å². The van der Waals surface area contributed by atoms with E-state index in [1.54, 1.807) is 0 Å². The van der Waals surface area contributed by atoms with Gasteiger partial charge in [-0.15, -0.1) is 0 Å². The molecule has 0 atom stereocenters. The van der Waals surface area contributed by atoms with Gasteiger partial charge in [0, 0.05) is 18.9 Å². The summed E-state index contributed by atoms with van der Waals surface area (Å²) in [6, 6.07) is 8.19. The third-order valence-corrected chi connectivity index (χ3v) is 2.39. The summed E-state index contributed by atoms with van der Waals surface area (Å²) < 4.78 is 1.99. The zero-order chi connectivity index (χ0) is 10.8. The highest BCUT2D eigenvalue weighted by molar-refractivity contribution is 5.58. The molecular weight excluding hydrogens is 186 g/mol. The van der Waals surface area contributed by atoms with E-state index in [2.05, 4.69) is 29.4 Å². The number of hydrogen-bond acceptors (Lipinski definition) is 2. The topological polar surface area (TPSA) is 29.9 Å². The molecule has 0 aliphatic carbocycles. The molecule has 0 fully saturated rings. The Balaban J connectivity index is 2.29. The Kier molecular flexibility index (Phi) is 2.46. The minimum Gasteiger partial charge on any atom is -0.325 e. The van der Waals surface area contributed by atoms with Crippen LogP contribution in [0.4, 0.5) is 11.6 Å². The summed E-state index contributed by atoms with van der Waals surface area (Å²) in [6.45, 7) is 4.07. The highest BCUT2D eigenvalue weighted by atomic mass is 15.2. The normalized spacial score (nSPS) is 10.3. The van der Waals surface area contributed by atoms with Crippen molar-refractivity contribution in [2.45, 2.75) is 13.8 Å². The van der Waals surface area contributed by atoms with Crippen molar-refractivity contribution in [2.24, 2.45) is 7.05 Å². The second kappa shape index (κ2) is 3.77. The summed E-state index contributed by atoms with van der Waals surface area (Å²) in [4.78, 5) is 4.40. The van der Waals surface area contributed by atoms with Gasteiger partial charge in [0.15, 0.2) is 0 Å². The van der Waals surface area contributed by atoms with Crippen LogP contribution in [-0.2, 0) is 7.05 Å². The van der Waals surface area contributed by atoms with E-state index in [4.69, 9.17) is 0 Å². The van der Waals surface area contributed by atoms with Crippen molar-refractivity contribution in [2.75, 3.05) is 5.32 Å². The van der Waals surface area contributed by atoms with E-state index in [1.807, 2.05) is 36.9 Å². The predicted octanol–water partition coefficient (Wildman–Crippen LogP) is 2.78. The minimum absolute atomic E-state index is 0.877. The Morgan fingerprint density at radius 3 is 2.53 bits per heavy atom. The average Bonchev–Trinajstić information content (AvgIpc) is 2.49. The Labute approximate surface area is 89.8 Å². The first kappa shape index (κ1) is 9.77. The maximum absolute atomic E-state index is 4.40. The predicted molar refractivity (Wildman–Crippen MR) is 62.4 cm³/mol. The van der Waals surface area contributed by atoms with Crippen LogP contribution in [0.3, 0.4) is 0 Å². The van der Waals surface area contributed by atoms with E-state index >= 15 is 0 Å². The number of aromatic nitrogens is 2. The monoisotopic (exact) mass is 201 g/mol. The van der Waals surface area contributed by atoms with Crippen LogP contribution in [-0.4, -0.2) is 9.55 Å². The summed E-state index contributed by atoms with van der Waals surface area (Å²) in [5, 5.41) is 3.31. The van der Waals surface area contributed by atoms with E-state index in [9.17, 15) is 0 Å². The molecule has 0 aliphatic heterocycles. The Bertz CT molecular complexity index is 471. The molecule has 2 rings (SSSR count). The third-order valence-electron chi connectivity index (χ3n) is 2.39. The third kappa shape index (κ3) is 2.01. The number of nitrogens with zero attached hydrogens (tertiary/aromatic N) is 2. The van der Waals surface area contributed by atoms with Crippen molar-refractivity contribution in [3.05, 3.63) is 41.7 Å². The van der Waals surface area contributed by atoms with Gasteiger partial charge in [-0.25, -0.2) is 4.98 Å². The molecule has 0 saturated heterocycles. The molecule has 3 nitrogen and oxygen atoms in total. The van der Waals surface area contributed by atoms with Crippen molar-refractivity contribution in [1.82, 2.24) is 9.55 Å². The van der Waals surface area contributed by atoms with Crippen LogP contribution >= 0.6 is 0 Å². The van der Waals surface area contributed by atoms with Gasteiger partial charge in [-0.3, -0.25) is 0 Å². The standard InChI is InChI=1S/C12H15N3/c1-9-6-4-5-7-11(9)14-12-13-10(2)8-15(12)3/h4-8H,1-3H3,(H,13,14). The van der Waals surface area contributed by atoms with Crippen molar-refractivity contribution in [3.8, 4) is 0 Å². The lowest BCUT2D eigenvalue weighted by Gasteiger charge is -2.08. The molecule has 78 valence electrons. The van der Waals surface area contributed by atoms with Gasteiger partial charge in [0.2, 0.25) is 5.95 Å². The van der Waals surface area contributed by atoms with Crippen LogP contribution in [0, 0.1) is 13.8 Å². The number of nitrogens with one attached hydrogen (secondary N) is 1. The van der Waals surface area contributed by atoms with E-state index < -0.39 is 0 Å². The number of anilines is 2. The first-order valence-electron chi connectivity index (χ1n) is 4.99. The number of hydrogen-bond donors (Lipinski definition) is 1. The van der Waals surface area contributed by atoms with Gasteiger partial charge >= 0.3 is 0 Å². The van der Waals surface area contributed by atoms with E-state index in [1.165, 1.54) is 5.56 Å². The van der Waals surface area contributed by atoms with Gasteiger partial charge < -0.3 is 9.88 Å². The van der Waals surface area contributed by atoms with Crippen molar-refractivity contribution >= 4 is 11.6 Å². The van der Waals surface area contributed by atoms with Crippen LogP contribution in [0.5, 0.6) is 0 Å². The quantitative estimate of drug-likeness (QED) is 0.809. The van der Waals surface area contributed by atoms with E-state index in [0.29, 0.717) is 0 Å². The van der Waals surface area contributed by atoms with Crippen molar-refractivity contribution in [3.63, 3.8) is 0 Å². The zero-order valence-electron chi connectivity index (χ0n) is 9.28. The molecule has 0 saturated carbocycles. The number of para-hydroxylation sites is 1. The maximum atomic E-state index is 4.40. The molecule has 2 aromatic rings. The van der Waals surface area contributed by atoms with Crippen LogP contribution < -0.4 is 5.32 Å². The Morgan fingerprint density at radius 1 is 1.20 bits per heavy atom. The lowest BCUT2D eigenvalue weighted by Crippen LogP contribution is -1.99. The first-order chi connectivity index (χ1) is 7.16. The number of aryl methyl sites for hydroxylation is 3. The summed E-state index contributed by atoms with van der Waals surface area (Å²) in [7, 11) is 1.99. The van der Waals surface area contributed by atoms with Gasteiger partial charge in [0.25, 0.3) is 0 Å². The van der Waals surface area contributed by atoms with E-state index in [0.717, 1.165) is 17.3 Å². The van der Waals surface area contributed by atoms with Gasteiger partial charge in [-0.1, -0.05) is 18.2 Å². The smallest absolute Gasteiger partial charge is 0.207 e. The number of benzene rings is 1. The molecule has 1 aromatic heterocycles. The number of rotatable bonds is 2. The summed E-state index contributed by atoms with van der Waals surface area (Å²) in [6.07, 6.45) is 2.00. The molecule has 15 heavy (non-hydrogen) atoms. The molecule has 1 heterocycles. The maximum Gasteiger partial charge on any atom is 0.207 e. The lowest BCUT2D eigenvalue weighted by molar-refractivity contribution is 0.923. The minimum atomic E-state index is 0.877. The van der Waals surface area contributed by atoms with Crippen LogP contribution in [0.15, 0.2) is 30.5 Å². The molecule has 1 aromatic carbocycles. The van der Waals surface area contributed by atoms with Crippen molar-refractivity contribution in [1.29, 1.82) is 0 Å². The fourth-order valence-electron chi connectivity index (χ4n) is 1.57. The number of imidazole rings is 1. The molecule has 0 radical (unpaired) electrons. The highest BCUT2D eigenvalue weighted by Gasteiger charge is 2.03. The summed E-state index contributed by atoms with van der Waals surface area (Å²) in [5.41, 5.74) is 3.35. The highest BCUT2D eigenvalue weighted by Crippen LogP contribution is 2.18. The molecule has 0 unspecified atom stereocenters. The largest absolute Gasteiger partial charge is 0.325 e. The summed E-state index contributed by atoms with van der Waals surface area (Å²) >= 11 is 0. The van der Waals surface area contributed by atoms with Gasteiger partial charge in [0.05, 0.1) is 5.69 Å². The van der Waals surface area contributed by atoms with Crippen LogP contribution in [0.25, 0.3) is 0 Å². The van der Waals surface area contributed by atoms with Crippen molar-refractivity contribution < 1.29 is 0 Å². The molecule has 0 spiro atoms. The second-order valence-electron chi connectivity index (χ2n) is 3.76. The fraction of sp³-hybridized carbons (Fsp3) is 0.250. The second-order valence-corrected chi connectivity index (χ2v) is 3.76. The van der Waals surface area contributed by atoms with Gasteiger partial charge in [-0.2, -0.15) is 0 Å². The molecule has 0 aliphatic rings. The first-order valence-corrected chi connectivity index (χ1v) is 4.99. The van der Waals surface area contributed by atoms with Gasteiger partial charge in [0.1, 0.15) is 0 Å². The Morgan fingerprint density at radius 2 is 1.93 bits per heavy atom. The van der Waals surface area contributed by atoms with Crippen LogP contribution in [0.1, 0.15) is 11.3 Å². The molecule has 3 heteroatoms. The Hall–Kier alpha value is -1.77. The van der Waals surface area contributed by atoms with E-state index in [-0.39, 0.29) is 0 Å². The lowest BCUT2D eigenvalue weighted by atomic mass is 10.2. The SMILES string of the molecule is Cc1cn(C)c(Nc2ccccc2C)n1. The molecule has 1 N–H and O–H groups in total. The summed E-state index contributed by atoms with van der Waals surface area (Å²) in [5.74, 6) is 0.877. The molecule has 0 bridgehead atoms. The average molecular weight is 201 g/mol. The zero-order valence-corrected chi connectivity index (χ0v) is 9.28. The molecule has 0 amide bonds.